The van der Waals surface area contributed by atoms with Crippen molar-refractivity contribution in [2.75, 3.05) is 6.61 Å². The Bertz CT molecular complexity index is 837. The lowest BCUT2D eigenvalue weighted by Crippen LogP contribution is -2.41. The van der Waals surface area contributed by atoms with E-state index in [0.717, 1.165) is 11.0 Å². The van der Waals surface area contributed by atoms with Crippen molar-refractivity contribution in [1.29, 1.82) is 0 Å². The van der Waals surface area contributed by atoms with Gasteiger partial charge in [-0.3, -0.25) is 4.79 Å². The minimum Gasteiger partial charge on any atom is -0.446 e. The van der Waals surface area contributed by atoms with Crippen LogP contribution in [0.1, 0.15) is 30.2 Å². The van der Waals surface area contributed by atoms with Crippen LogP contribution in [0.5, 0.6) is 0 Å². The zero-order valence-corrected chi connectivity index (χ0v) is 13.6. The summed E-state index contributed by atoms with van der Waals surface area (Å²) in [7, 11) is 0. The third-order valence-corrected chi connectivity index (χ3v) is 3.94. The summed E-state index contributed by atoms with van der Waals surface area (Å²) in [6.45, 7) is 4.13. The smallest absolute Gasteiger partial charge is 0.273 e. The van der Waals surface area contributed by atoms with Crippen LogP contribution in [0.4, 0.5) is 0 Å². The number of carbonyl (C=O) groups excluding carboxylic acids is 1. The first-order valence-electron chi connectivity index (χ1n) is 7.84. The van der Waals surface area contributed by atoms with E-state index in [1.165, 1.54) is 6.26 Å². The van der Waals surface area contributed by atoms with Gasteiger partial charge in [-0.05, 0) is 18.1 Å². The average molecular weight is 328 g/mol. The van der Waals surface area contributed by atoms with Crippen molar-refractivity contribution < 1.29 is 14.3 Å². The van der Waals surface area contributed by atoms with Crippen molar-refractivity contribution in [2.24, 2.45) is 5.92 Å². The van der Waals surface area contributed by atoms with Crippen LogP contribution in [-0.2, 0) is 6.54 Å². The van der Waals surface area contributed by atoms with E-state index in [1.807, 2.05) is 42.7 Å². The number of aliphatic hydroxyl groups is 1. The van der Waals surface area contributed by atoms with Gasteiger partial charge in [-0.2, -0.15) is 0 Å². The Morgan fingerprint density at radius 1 is 1.38 bits per heavy atom. The molecular weight excluding hydrogens is 308 g/mol. The molecule has 0 radical (unpaired) electrons. The summed E-state index contributed by atoms with van der Waals surface area (Å²) in [5.74, 6) is 0.198. The molecule has 0 saturated heterocycles. The van der Waals surface area contributed by atoms with E-state index in [2.05, 4.69) is 15.3 Å². The summed E-state index contributed by atoms with van der Waals surface area (Å²) in [6.07, 6.45) is 3.05. The minimum atomic E-state index is -0.353. The molecule has 1 aromatic carbocycles. The number of aromatic nitrogens is 3. The maximum atomic E-state index is 12.2. The van der Waals surface area contributed by atoms with Gasteiger partial charge in [-0.1, -0.05) is 26.0 Å². The predicted octanol–water partition coefficient (Wildman–Crippen LogP) is 1.82. The number of amides is 1. The quantitative estimate of drug-likeness (QED) is 0.720. The van der Waals surface area contributed by atoms with E-state index >= 15 is 0 Å². The minimum absolute atomic E-state index is 0.116. The van der Waals surface area contributed by atoms with Crippen molar-refractivity contribution in [3.8, 4) is 0 Å². The number of hydrogen-bond acceptors (Lipinski definition) is 5. The number of nitrogens with zero attached hydrogens (tertiary/aromatic N) is 3. The molecule has 0 aliphatic carbocycles. The molecule has 0 fully saturated rings. The number of para-hydroxylation sites is 2. The zero-order valence-electron chi connectivity index (χ0n) is 13.6. The molecule has 0 saturated carbocycles. The molecule has 0 spiro atoms. The Morgan fingerprint density at radius 3 is 2.92 bits per heavy atom. The number of nitrogens with one attached hydrogen (secondary N) is 1. The Morgan fingerprint density at radius 2 is 2.17 bits per heavy atom. The number of imidazole rings is 1. The Kier molecular flexibility index (Phi) is 4.61. The highest BCUT2D eigenvalue weighted by Crippen LogP contribution is 2.14. The SMILES string of the molecule is CC(C)C(CO)NC(=O)c1coc(Cn2cnc3ccccc32)n1. The van der Waals surface area contributed by atoms with E-state index in [1.54, 1.807) is 6.33 Å². The summed E-state index contributed by atoms with van der Waals surface area (Å²) < 4.78 is 7.31. The van der Waals surface area contributed by atoms with Crippen LogP contribution in [-0.4, -0.2) is 38.2 Å². The Hall–Kier alpha value is -2.67. The number of benzene rings is 1. The molecule has 3 rings (SSSR count). The van der Waals surface area contributed by atoms with Gasteiger partial charge < -0.3 is 19.4 Å². The molecule has 2 heterocycles. The van der Waals surface area contributed by atoms with Gasteiger partial charge in [-0.25, -0.2) is 9.97 Å². The molecule has 1 amide bonds. The second kappa shape index (κ2) is 6.84. The van der Waals surface area contributed by atoms with Crippen LogP contribution < -0.4 is 5.32 Å². The molecule has 1 atom stereocenters. The predicted molar refractivity (Wildman–Crippen MR) is 88.5 cm³/mol. The number of oxazole rings is 1. The molecule has 7 nitrogen and oxygen atoms in total. The van der Waals surface area contributed by atoms with Gasteiger partial charge >= 0.3 is 0 Å². The van der Waals surface area contributed by atoms with E-state index in [0.29, 0.717) is 12.4 Å². The molecule has 2 N–H and O–H groups in total. The van der Waals surface area contributed by atoms with Crippen LogP contribution in [0.3, 0.4) is 0 Å². The normalized spacial score (nSPS) is 12.7. The van der Waals surface area contributed by atoms with E-state index in [9.17, 15) is 9.90 Å². The number of fused-ring (bicyclic) bond motifs is 1. The molecule has 1 unspecified atom stereocenters. The zero-order chi connectivity index (χ0) is 17.1. The van der Waals surface area contributed by atoms with Crippen molar-refractivity contribution in [3.05, 3.63) is 48.4 Å². The summed E-state index contributed by atoms with van der Waals surface area (Å²) in [5, 5.41) is 12.1. The van der Waals surface area contributed by atoms with Gasteiger partial charge in [0.05, 0.1) is 30.0 Å². The largest absolute Gasteiger partial charge is 0.446 e. The molecule has 7 heteroatoms. The van der Waals surface area contributed by atoms with Gasteiger partial charge in [0.15, 0.2) is 5.69 Å². The van der Waals surface area contributed by atoms with Crippen molar-refractivity contribution in [2.45, 2.75) is 26.4 Å². The summed E-state index contributed by atoms with van der Waals surface area (Å²) in [5.41, 5.74) is 2.07. The van der Waals surface area contributed by atoms with Gasteiger partial charge in [0.1, 0.15) is 12.8 Å². The molecule has 24 heavy (non-hydrogen) atoms. The first-order chi connectivity index (χ1) is 11.6. The Labute approximate surface area is 139 Å². The van der Waals surface area contributed by atoms with E-state index in [-0.39, 0.29) is 30.2 Å². The summed E-state index contributed by atoms with van der Waals surface area (Å²) in [4.78, 5) is 20.7. The molecule has 126 valence electrons. The highest BCUT2D eigenvalue weighted by molar-refractivity contribution is 5.92. The number of aliphatic hydroxyl groups excluding tert-OH is 1. The first kappa shape index (κ1) is 16.2. The third-order valence-electron chi connectivity index (χ3n) is 3.94. The lowest BCUT2D eigenvalue weighted by atomic mass is 10.1. The number of carbonyl (C=O) groups is 1. The third kappa shape index (κ3) is 3.30. The summed E-state index contributed by atoms with van der Waals surface area (Å²) in [6, 6.07) is 7.46. The monoisotopic (exact) mass is 328 g/mol. The van der Waals surface area contributed by atoms with Crippen LogP contribution in [0.25, 0.3) is 11.0 Å². The lowest BCUT2D eigenvalue weighted by molar-refractivity contribution is 0.0891. The highest BCUT2D eigenvalue weighted by Gasteiger charge is 2.19. The van der Waals surface area contributed by atoms with Gasteiger partial charge in [0.25, 0.3) is 5.91 Å². The fourth-order valence-electron chi connectivity index (χ4n) is 2.44. The van der Waals surface area contributed by atoms with Crippen LogP contribution >= 0.6 is 0 Å². The molecular formula is C17H20N4O3. The molecule has 0 bridgehead atoms. The Balaban J connectivity index is 1.72. The van der Waals surface area contributed by atoms with Crippen LogP contribution in [0.15, 0.2) is 41.3 Å². The second-order valence-corrected chi connectivity index (χ2v) is 5.99. The van der Waals surface area contributed by atoms with Crippen molar-refractivity contribution in [3.63, 3.8) is 0 Å². The molecule has 3 aromatic rings. The maximum absolute atomic E-state index is 12.2. The van der Waals surface area contributed by atoms with Crippen LogP contribution in [0.2, 0.25) is 0 Å². The highest BCUT2D eigenvalue weighted by atomic mass is 16.3. The molecule has 0 aliphatic rings. The molecule has 2 aromatic heterocycles. The lowest BCUT2D eigenvalue weighted by Gasteiger charge is -2.18. The number of hydrogen-bond donors (Lipinski definition) is 2. The maximum Gasteiger partial charge on any atom is 0.273 e. The fraction of sp³-hybridized carbons (Fsp3) is 0.353. The topological polar surface area (TPSA) is 93.2 Å². The number of rotatable bonds is 6. The average Bonchev–Trinajstić information content (AvgIpc) is 3.20. The second-order valence-electron chi connectivity index (χ2n) is 5.99. The van der Waals surface area contributed by atoms with E-state index < -0.39 is 0 Å². The standard InChI is InChI=1S/C17H20N4O3/c1-11(2)13(8-22)20-17(23)14-9-24-16(19-14)7-21-10-18-12-5-3-4-6-15(12)21/h3-6,9-11,13,22H,7-8H2,1-2H3,(H,20,23). The van der Waals surface area contributed by atoms with Crippen molar-refractivity contribution >= 4 is 16.9 Å². The van der Waals surface area contributed by atoms with Gasteiger partial charge in [0, 0.05) is 0 Å². The van der Waals surface area contributed by atoms with E-state index in [4.69, 9.17) is 4.42 Å². The van der Waals surface area contributed by atoms with Gasteiger partial charge in [-0.15, -0.1) is 0 Å². The summed E-state index contributed by atoms with van der Waals surface area (Å²) >= 11 is 0. The first-order valence-corrected chi connectivity index (χ1v) is 7.84. The van der Waals surface area contributed by atoms with Gasteiger partial charge in [0.2, 0.25) is 5.89 Å². The fourth-order valence-corrected chi connectivity index (χ4v) is 2.44. The molecule has 0 aliphatic heterocycles. The van der Waals surface area contributed by atoms with Crippen LogP contribution in [0, 0.1) is 5.92 Å². The van der Waals surface area contributed by atoms with Crippen molar-refractivity contribution in [1.82, 2.24) is 19.9 Å².